The monoisotopic (exact) mass is 897 g/mol. The van der Waals surface area contributed by atoms with Gasteiger partial charge in [0, 0.05) is 12.8 Å². The molecule has 3 unspecified atom stereocenters. The molecule has 0 aromatic rings. The van der Waals surface area contributed by atoms with Crippen molar-refractivity contribution >= 4 is 19.8 Å². The average molecular weight is 897 g/mol. The standard InChI is InChI=1S/C47H77O14P/c1-3-5-6-7-8-9-10-11-12-17-20-23-26-29-32-35-41(50)60-39(37-59-62(56,57)61-47-45(54)43(52)42(51)44(53)46(47)55)36-58-40(49)34-31-28-25-22-19-16-14-13-15-18-21-24-27-30-33-38(48)4-2/h8-9,11-12,14-16,18,22,24-25,27,30,33,38-39,42-48,51-55H,3-7,10,13,17,19-21,23,26,28-29,31-32,34-37H2,1-2H3,(H,56,57)/b9-8-,12-11-,16-14-,18-15-,25-22-,27-24-,33-30+/t38-,39+,42?,43-,44+,45+,46+,47?/m0/s1. The van der Waals surface area contributed by atoms with Gasteiger partial charge in [-0.15, -0.1) is 0 Å². The van der Waals surface area contributed by atoms with Gasteiger partial charge >= 0.3 is 19.8 Å². The Labute approximate surface area is 370 Å². The van der Waals surface area contributed by atoms with Crippen LogP contribution in [0.4, 0.5) is 0 Å². The van der Waals surface area contributed by atoms with Gasteiger partial charge in [-0.2, -0.15) is 0 Å². The van der Waals surface area contributed by atoms with Crippen LogP contribution in [-0.2, 0) is 32.7 Å². The predicted molar refractivity (Wildman–Crippen MR) is 241 cm³/mol. The van der Waals surface area contributed by atoms with Crippen molar-refractivity contribution in [2.45, 2.75) is 185 Å². The third-order valence-electron chi connectivity index (χ3n) is 9.88. The number of aliphatic hydroxyl groups is 6. The van der Waals surface area contributed by atoms with Gasteiger partial charge in [0.1, 0.15) is 43.2 Å². The zero-order valence-electron chi connectivity index (χ0n) is 37.0. The Hall–Kier alpha value is -3.01. The molecule has 1 aliphatic rings. The predicted octanol–water partition coefficient (Wildman–Crippen LogP) is 7.47. The number of unbranched alkanes of at least 4 members (excludes halogenated alkanes) is 9. The van der Waals surface area contributed by atoms with Gasteiger partial charge in [0.2, 0.25) is 0 Å². The highest BCUT2D eigenvalue weighted by atomic mass is 31.2. The van der Waals surface area contributed by atoms with Crippen LogP contribution in [-0.4, -0.2) is 110 Å². The Morgan fingerprint density at radius 1 is 0.581 bits per heavy atom. The number of aliphatic hydroxyl groups excluding tert-OH is 6. The summed E-state index contributed by atoms with van der Waals surface area (Å²) in [5.41, 5.74) is 0. The molecule has 0 aliphatic heterocycles. The second kappa shape index (κ2) is 36.3. The van der Waals surface area contributed by atoms with Gasteiger partial charge in [-0.25, -0.2) is 4.57 Å². The molecule has 0 spiro atoms. The number of carbonyl (C=O) groups excluding carboxylic acids is 2. The topological polar surface area (TPSA) is 230 Å². The summed E-state index contributed by atoms with van der Waals surface area (Å²) in [5, 5.41) is 59.6. The maximum absolute atomic E-state index is 12.8. The molecule has 354 valence electrons. The fourth-order valence-corrected chi connectivity index (χ4v) is 7.04. The van der Waals surface area contributed by atoms with E-state index in [1.54, 1.807) is 6.08 Å². The van der Waals surface area contributed by atoms with Crippen LogP contribution in [0.15, 0.2) is 85.1 Å². The first-order chi connectivity index (χ1) is 29.8. The van der Waals surface area contributed by atoms with Gasteiger partial charge in [-0.05, 0) is 77.0 Å². The highest BCUT2D eigenvalue weighted by molar-refractivity contribution is 7.47. The lowest BCUT2D eigenvalue weighted by Crippen LogP contribution is -2.64. The SMILES string of the molecule is CCCCC/C=C\C/C=C\CCCCCCCC(=O)O[C@H](COC(=O)CCC/C=C\C/C=C\C/C=C\C/C=C\C=C\[C@@H](O)CC)COP(=O)(O)OC1[C@H](O)[C@H](O)C(O)[C@H](O)[C@H]1O. The highest BCUT2D eigenvalue weighted by Crippen LogP contribution is 2.47. The summed E-state index contributed by atoms with van der Waals surface area (Å²) >= 11 is 0. The molecule has 0 amide bonds. The summed E-state index contributed by atoms with van der Waals surface area (Å²) in [6.07, 6.45) is 30.2. The number of esters is 2. The van der Waals surface area contributed by atoms with E-state index in [4.69, 9.17) is 18.5 Å². The molecule has 1 fully saturated rings. The first-order valence-electron chi connectivity index (χ1n) is 22.5. The number of ether oxygens (including phenoxy) is 2. The third-order valence-corrected chi connectivity index (χ3v) is 10.9. The molecule has 14 nitrogen and oxygen atoms in total. The largest absolute Gasteiger partial charge is 0.472 e. The molecule has 15 heteroatoms. The average Bonchev–Trinajstić information content (AvgIpc) is 3.25. The van der Waals surface area contributed by atoms with Crippen LogP contribution in [0.1, 0.15) is 136 Å². The van der Waals surface area contributed by atoms with E-state index in [0.29, 0.717) is 25.7 Å². The summed E-state index contributed by atoms with van der Waals surface area (Å²) in [6, 6.07) is 0. The molecule has 0 saturated heterocycles. The molecule has 1 rings (SSSR count). The van der Waals surface area contributed by atoms with E-state index in [1.165, 1.54) is 19.3 Å². The van der Waals surface area contributed by atoms with E-state index in [-0.39, 0.29) is 12.8 Å². The van der Waals surface area contributed by atoms with Gasteiger partial charge in [0.05, 0.1) is 12.7 Å². The summed E-state index contributed by atoms with van der Waals surface area (Å²) < 4.78 is 33.4. The van der Waals surface area contributed by atoms with Crippen molar-refractivity contribution in [2.75, 3.05) is 13.2 Å². The van der Waals surface area contributed by atoms with Crippen LogP contribution in [0.3, 0.4) is 0 Å². The number of hydrogen-bond donors (Lipinski definition) is 7. The molecule has 1 aliphatic carbocycles. The molecule has 0 radical (unpaired) electrons. The van der Waals surface area contributed by atoms with E-state index in [1.807, 2.05) is 43.4 Å². The Morgan fingerprint density at radius 3 is 1.65 bits per heavy atom. The number of allylic oxidation sites excluding steroid dienone is 13. The first-order valence-corrected chi connectivity index (χ1v) is 24.0. The summed E-state index contributed by atoms with van der Waals surface area (Å²) in [6.45, 7) is 2.86. The highest BCUT2D eigenvalue weighted by Gasteiger charge is 2.51. The van der Waals surface area contributed by atoms with Crippen molar-refractivity contribution in [1.29, 1.82) is 0 Å². The molecule has 9 atom stereocenters. The zero-order valence-corrected chi connectivity index (χ0v) is 37.9. The van der Waals surface area contributed by atoms with E-state index in [2.05, 4.69) is 49.5 Å². The maximum atomic E-state index is 12.8. The second-order valence-electron chi connectivity index (χ2n) is 15.4. The lowest BCUT2D eigenvalue weighted by atomic mass is 9.85. The molecule has 0 heterocycles. The molecule has 0 bridgehead atoms. The van der Waals surface area contributed by atoms with Gasteiger partial charge in [-0.3, -0.25) is 18.6 Å². The minimum absolute atomic E-state index is 0.0565. The number of rotatable bonds is 35. The lowest BCUT2D eigenvalue weighted by molar-refractivity contribution is -0.220. The van der Waals surface area contributed by atoms with Crippen LogP contribution in [0, 0.1) is 0 Å². The van der Waals surface area contributed by atoms with Crippen molar-refractivity contribution in [2.24, 2.45) is 0 Å². The molecule has 0 aromatic heterocycles. The smallest absolute Gasteiger partial charge is 0.462 e. The number of hydrogen-bond acceptors (Lipinski definition) is 13. The first kappa shape index (κ1) is 57.0. The lowest BCUT2D eigenvalue weighted by Gasteiger charge is -2.41. The Bertz CT molecular complexity index is 1420. The Balaban J connectivity index is 2.54. The molecular formula is C47H77O14P. The normalized spacial score (nSPS) is 23.2. The third kappa shape index (κ3) is 28.6. The van der Waals surface area contributed by atoms with Crippen LogP contribution < -0.4 is 0 Å². The van der Waals surface area contributed by atoms with Crippen LogP contribution >= 0.6 is 7.82 Å². The Morgan fingerprint density at radius 2 is 1.06 bits per heavy atom. The van der Waals surface area contributed by atoms with Crippen molar-refractivity contribution in [3.05, 3.63) is 85.1 Å². The van der Waals surface area contributed by atoms with E-state index < -0.39 is 81.8 Å². The van der Waals surface area contributed by atoms with Gasteiger partial charge in [-0.1, -0.05) is 131 Å². The van der Waals surface area contributed by atoms with Gasteiger partial charge in [0.15, 0.2) is 6.10 Å². The van der Waals surface area contributed by atoms with E-state index in [9.17, 15) is 49.7 Å². The molecular weight excluding hydrogens is 819 g/mol. The van der Waals surface area contributed by atoms with Crippen molar-refractivity contribution in [1.82, 2.24) is 0 Å². The summed E-state index contributed by atoms with van der Waals surface area (Å²) in [4.78, 5) is 35.6. The van der Waals surface area contributed by atoms with E-state index >= 15 is 0 Å². The van der Waals surface area contributed by atoms with E-state index in [0.717, 1.165) is 64.2 Å². The Kier molecular flexibility index (Phi) is 33.4. The minimum Gasteiger partial charge on any atom is -0.462 e. The summed E-state index contributed by atoms with van der Waals surface area (Å²) in [5.74, 6) is -1.21. The molecule has 0 aromatic carbocycles. The maximum Gasteiger partial charge on any atom is 0.472 e. The van der Waals surface area contributed by atoms with Crippen LogP contribution in [0.25, 0.3) is 0 Å². The zero-order chi connectivity index (χ0) is 45.9. The minimum atomic E-state index is -5.15. The molecule has 7 N–H and O–H groups in total. The summed E-state index contributed by atoms with van der Waals surface area (Å²) in [7, 11) is -5.15. The number of carbonyl (C=O) groups is 2. The number of phosphoric acid groups is 1. The second-order valence-corrected chi connectivity index (χ2v) is 16.8. The fourth-order valence-electron chi connectivity index (χ4n) is 6.07. The van der Waals surface area contributed by atoms with Gasteiger partial charge in [0.25, 0.3) is 0 Å². The van der Waals surface area contributed by atoms with Gasteiger partial charge < -0.3 is 45.0 Å². The van der Waals surface area contributed by atoms with Crippen molar-refractivity contribution in [3.63, 3.8) is 0 Å². The van der Waals surface area contributed by atoms with Crippen LogP contribution in [0.5, 0.6) is 0 Å². The van der Waals surface area contributed by atoms with Crippen LogP contribution in [0.2, 0.25) is 0 Å². The van der Waals surface area contributed by atoms with Crippen molar-refractivity contribution < 1.29 is 68.2 Å². The number of phosphoric ester groups is 1. The fraction of sp³-hybridized carbons (Fsp3) is 0.660. The molecule has 62 heavy (non-hydrogen) atoms. The quantitative estimate of drug-likeness (QED) is 0.0108. The van der Waals surface area contributed by atoms with Crippen molar-refractivity contribution in [3.8, 4) is 0 Å². The molecule has 1 saturated carbocycles.